The number of nitrogens with zero attached hydrogens (tertiary/aromatic N) is 2. The van der Waals surface area contributed by atoms with Crippen molar-refractivity contribution < 1.29 is 22.3 Å². The fraction of sp³-hybridized carbons (Fsp3) is 0.600. The monoisotopic (exact) mass is 348 g/mol. The summed E-state index contributed by atoms with van der Waals surface area (Å²) >= 11 is 0. The summed E-state index contributed by atoms with van der Waals surface area (Å²) in [4.78, 5) is 3.96. The van der Waals surface area contributed by atoms with Crippen molar-refractivity contribution in [2.75, 3.05) is 51.3 Å². The number of sulfone groups is 1. The molecule has 1 saturated heterocycles. The molecule has 1 aromatic rings. The quantitative estimate of drug-likeness (QED) is 0.818. The van der Waals surface area contributed by atoms with Gasteiger partial charge in [0.25, 0.3) is 0 Å². The molecule has 1 aliphatic rings. The largest absolute Gasteiger partial charge is 0.387 e. The molecular formula is C15H22F2N2O3S. The zero-order valence-corrected chi connectivity index (χ0v) is 13.9. The molecular weight excluding hydrogens is 326 g/mol. The second-order valence-corrected chi connectivity index (χ2v) is 8.18. The van der Waals surface area contributed by atoms with Gasteiger partial charge >= 0.3 is 0 Å². The number of aliphatic hydroxyl groups excluding tert-OH is 1. The summed E-state index contributed by atoms with van der Waals surface area (Å²) in [6.45, 7) is 3.21. The van der Waals surface area contributed by atoms with E-state index in [1.165, 1.54) is 12.3 Å². The first-order chi connectivity index (χ1) is 10.8. The minimum absolute atomic E-state index is 0.121. The molecule has 2 rings (SSSR count). The van der Waals surface area contributed by atoms with E-state index in [1.807, 2.05) is 9.80 Å². The number of piperazine rings is 1. The third-order valence-electron chi connectivity index (χ3n) is 4.01. The van der Waals surface area contributed by atoms with Crippen LogP contribution in [0.3, 0.4) is 0 Å². The highest BCUT2D eigenvalue weighted by molar-refractivity contribution is 7.90. The van der Waals surface area contributed by atoms with Crippen LogP contribution in [0.15, 0.2) is 18.2 Å². The van der Waals surface area contributed by atoms with Gasteiger partial charge in [-0.2, -0.15) is 0 Å². The van der Waals surface area contributed by atoms with Crippen LogP contribution in [0.25, 0.3) is 0 Å². The highest BCUT2D eigenvalue weighted by Crippen LogP contribution is 2.22. The molecule has 0 aliphatic carbocycles. The maximum atomic E-state index is 13.6. The minimum Gasteiger partial charge on any atom is -0.387 e. The molecule has 0 aromatic heterocycles. The van der Waals surface area contributed by atoms with Crippen molar-refractivity contribution in [3.63, 3.8) is 0 Å². The Labute approximate surface area is 135 Å². The molecule has 1 aliphatic heterocycles. The standard InChI is InChI=1S/C15H22F2N2O3S/c1-23(21,22)10-9-18-5-7-19(8-6-18)11-14(20)15-12(16)3-2-4-13(15)17/h2-4,14,20H,5-11H2,1H3. The molecule has 1 atom stereocenters. The lowest BCUT2D eigenvalue weighted by molar-refractivity contribution is 0.0710. The summed E-state index contributed by atoms with van der Waals surface area (Å²) in [5, 5.41) is 10.1. The van der Waals surface area contributed by atoms with E-state index in [1.54, 1.807) is 0 Å². The molecule has 1 unspecified atom stereocenters. The van der Waals surface area contributed by atoms with E-state index in [0.29, 0.717) is 32.7 Å². The van der Waals surface area contributed by atoms with Gasteiger partial charge in [0.2, 0.25) is 0 Å². The highest BCUT2D eigenvalue weighted by Gasteiger charge is 2.23. The number of hydrogen-bond acceptors (Lipinski definition) is 5. The van der Waals surface area contributed by atoms with Gasteiger partial charge in [0.1, 0.15) is 21.5 Å². The maximum absolute atomic E-state index is 13.6. The number of aliphatic hydroxyl groups is 1. The van der Waals surface area contributed by atoms with Crippen molar-refractivity contribution in [3.8, 4) is 0 Å². The van der Waals surface area contributed by atoms with Gasteiger partial charge in [-0.05, 0) is 12.1 Å². The van der Waals surface area contributed by atoms with Gasteiger partial charge in [-0.15, -0.1) is 0 Å². The van der Waals surface area contributed by atoms with Crippen LogP contribution >= 0.6 is 0 Å². The van der Waals surface area contributed by atoms with Crippen LogP contribution in [-0.4, -0.2) is 74.6 Å². The maximum Gasteiger partial charge on any atom is 0.148 e. The van der Waals surface area contributed by atoms with E-state index >= 15 is 0 Å². The summed E-state index contributed by atoms with van der Waals surface area (Å²) in [5.74, 6) is -1.37. The zero-order chi connectivity index (χ0) is 17.0. The number of halogens is 2. The fourth-order valence-electron chi connectivity index (χ4n) is 2.66. The molecule has 23 heavy (non-hydrogen) atoms. The van der Waals surface area contributed by atoms with Gasteiger partial charge in [0.15, 0.2) is 0 Å². The summed E-state index contributed by atoms with van der Waals surface area (Å²) in [6.07, 6.45) is -0.0125. The van der Waals surface area contributed by atoms with Crippen molar-refractivity contribution in [3.05, 3.63) is 35.4 Å². The number of rotatable bonds is 6. The highest BCUT2D eigenvalue weighted by atomic mass is 32.2. The molecule has 5 nitrogen and oxygen atoms in total. The van der Waals surface area contributed by atoms with Crippen LogP contribution in [0.5, 0.6) is 0 Å². The fourth-order valence-corrected chi connectivity index (χ4v) is 3.25. The molecule has 1 fully saturated rings. The van der Waals surface area contributed by atoms with Crippen LogP contribution in [0.2, 0.25) is 0 Å². The third kappa shape index (κ3) is 5.49. The Morgan fingerprint density at radius 1 is 1.13 bits per heavy atom. The summed E-state index contributed by atoms with van der Waals surface area (Å²) in [6, 6.07) is 3.52. The first-order valence-electron chi connectivity index (χ1n) is 7.50. The van der Waals surface area contributed by atoms with Crippen molar-refractivity contribution in [1.29, 1.82) is 0 Å². The molecule has 0 saturated carbocycles. The number of β-amino-alcohol motifs (C(OH)–C–C–N with tert-alkyl or cyclic N) is 1. The Balaban J connectivity index is 1.84. The first-order valence-corrected chi connectivity index (χ1v) is 9.57. The van der Waals surface area contributed by atoms with Crippen molar-refractivity contribution in [1.82, 2.24) is 9.80 Å². The van der Waals surface area contributed by atoms with Crippen LogP contribution in [0, 0.1) is 11.6 Å². The lowest BCUT2D eigenvalue weighted by Gasteiger charge is -2.35. The topological polar surface area (TPSA) is 60.9 Å². The molecule has 1 aromatic carbocycles. The van der Waals surface area contributed by atoms with Gasteiger partial charge in [0.05, 0.1) is 17.4 Å². The van der Waals surface area contributed by atoms with E-state index in [9.17, 15) is 22.3 Å². The Morgan fingerprint density at radius 2 is 1.65 bits per heavy atom. The predicted octanol–water partition coefficient (Wildman–Crippen LogP) is 0.660. The van der Waals surface area contributed by atoms with Gasteiger partial charge in [0, 0.05) is 45.5 Å². The zero-order valence-electron chi connectivity index (χ0n) is 13.1. The molecule has 0 radical (unpaired) electrons. The molecule has 1 heterocycles. The average molecular weight is 348 g/mol. The van der Waals surface area contributed by atoms with Crippen molar-refractivity contribution in [2.45, 2.75) is 6.10 Å². The molecule has 130 valence electrons. The molecule has 0 bridgehead atoms. The Morgan fingerprint density at radius 3 is 2.17 bits per heavy atom. The van der Waals surface area contributed by atoms with Gasteiger partial charge in [-0.3, -0.25) is 9.80 Å². The average Bonchev–Trinajstić information content (AvgIpc) is 2.45. The molecule has 0 amide bonds. The van der Waals surface area contributed by atoms with Gasteiger partial charge in [-0.25, -0.2) is 17.2 Å². The van der Waals surface area contributed by atoms with Gasteiger partial charge < -0.3 is 5.11 Å². The number of hydrogen-bond donors (Lipinski definition) is 1. The normalized spacial score (nSPS) is 19.0. The molecule has 8 heteroatoms. The lowest BCUT2D eigenvalue weighted by Crippen LogP contribution is -2.48. The van der Waals surface area contributed by atoms with E-state index in [0.717, 1.165) is 12.1 Å². The van der Waals surface area contributed by atoms with Gasteiger partial charge in [-0.1, -0.05) is 6.07 Å². The van der Waals surface area contributed by atoms with E-state index in [4.69, 9.17) is 0 Å². The number of benzene rings is 1. The van der Waals surface area contributed by atoms with E-state index < -0.39 is 27.6 Å². The Bertz CT molecular complexity index is 611. The van der Waals surface area contributed by atoms with Crippen LogP contribution in [-0.2, 0) is 9.84 Å². The predicted molar refractivity (Wildman–Crippen MR) is 83.9 cm³/mol. The third-order valence-corrected chi connectivity index (χ3v) is 4.93. The smallest absolute Gasteiger partial charge is 0.148 e. The summed E-state index contributed by atoms with van der Waals surface area (Å²) in [7, 11) is -2.98. The Hall–Kier alpha value is -1.09. The SMILES string of the molecule is CS(=O)(=O)CCN1CCN(CC(O)c2c(F)cccc2F)CC1. The second kappa shape index (κ2) is 7.65. The summed E-state index contributed by atoms with van der Waals surface area (Å²) < 4.78 is 49.6. The second-order valence-electron chi connectivity index (χ2n) is 5.92. The van der Waals surface area contributed by atoms with Crippen LogP contribution < -0.4 is 0 Å². The van der Waals surface area contributed by atoms with Crippen LogP contribution in [0.1, 0.15) is 11.7 Å². The lowest BCUT2D eigenvalue weighted by atomic mass is 10.1. The first kappa shape index (κ1) is 18.3. The van der Waals surface area contributed by atoms with E-state index in [-0.39, 0.29) is 17.9 Å². The Kier molecular flexibility index (Phi) is 6.07. The minimum atomic E-state index is -2.98. The van der Waals surface area contributed by atoms with Crippen LogP contribution in [0.4, 0.5) is 8.78 Å². The molecule has 0 spiro atoms. The summed E-state index contributed by atoms with van der Waals surface area (Å²) in [5.41, 5.74) is -0.299. The van der Waals surface area contributed by atoms with E-state index in [2.05, 4.69) is 0 Å². The molecule has 1 N–H and O–H groups in total. The van der Waals surface area contributed by atoms with Crippen molar-refractivity contribution in [2.24, 2.45) is 0 Å². The van der Waals surface area contributed by atoms with Crippen molar-refractivity contribution >= 4 is 9.84 Å².